The molecule has 0 bridgehead atoms. The Balaban J connectivity index is 1.90. The highest BCUT2D eigenvalue weighted by molar-refractivity contribution is 5.35. The van der Waals surface area contributed by atoms with Gasteiger partial charge in [-0.05, 0) is 12.1 Å². The fourth-order valence-electron chi connectivity index (χ4n) is 1.74. The van der Waals surface area contributed by atoms with E-state index in [0.717, 1.165) is 0 Å². The van der Waals surface area contributed by atoms with E-state index in [-0.39, 0.29) is 5.69 Å². The molecule has 0 radical (unpaired) electrons. The van der Waals surface area contributed by atoms with Crippen LogP contribution < -0.4 is 5.69 Å². The van der Waals surface area contributed by atoms with Gasteiger partial charge in [-0.1, -0.05) is 6.07 Å². The Hall–Kier alpha value is -2.37. The molecular weight excluding hydrogens is 218 g/mol. The number of pyridine rings is 1. The topological polar surface area (TPSA) is 57.1 Å². The van der Waals surface area contributed by atoms with Crippen molar-refractivity contribution in [2.75, 3.05) is 0 Å². The van der Waals surface area contributed by atoms with Crippen molar-refractivity contribution < 1.29 is 0 Å². The van der Waals surface area contributed by atoms with Crippen LogP contribution in [-0.2, 0) is 13.1 Å². The van der Waals surface area contributed by atoms with E-state index in [9.17, 15) is 4.79 Å². The molecule has 0 saturated heterocycles. The van der Waals surface area contributed by atoms with Crippen molar-refractivity contribution >= 4 is 5.65 Å². The molecule has 6 nitrogen and oxygen atoms in total. The molecule has 0 N–H and O–H groups in total. The van der Waals surface area contributed by atoms with E-state index in [1.54, 1.807) is 18.7 Å². The van der Waals surface area contributed by atoms with Crippen LogP contribution in [0, 0.1) is 0 Å². The van der Waals surface area contributed by atoms with Crippen LogP contribution in [-0.4, -0.2) is 23.7 Å². The summed E-state index contributed by atoms with van der Waals surface area (Å²) in [7, 11) is 0. The first-order chi connectivity index (χ1) is 8.34. The van der Waals surface area contributed by atoms with Crippen LogP contribution in [0.3, 0.4) is 0 Å². The van der Waals surface area contributed by atoms with Crippen molar-refractivity contribution in [2.24, 2.45) is 0 Å². The standard InChI is InChI=1S/C11H11N5O/c17-11-15-5-2-1-3-10(15)13-16(11)8-7-14-6-4-12-9-14/h1-6,9H,7-8H2. The Kier molecular flexibility index (Phi) is 2.25. The first kappa shape index (κ1) is 9.83. The first-order valence-electron chi connectivity index (χ1n) is 5.34. The second kappa shape index (κ2) is 3.89. The van der Waals surface area contributed by atoms with Gasteiger partial charge in [0.1, 0.15) is 0 Å². The zero-order valence-electron chi connectivity index (χ0n) is 9.10. The van der Waals surface area contributed by atoms with E-state index >= 15 is 0 Å². The Morgan fingerprint density at radius 1 is 1.18 bits per heavy atom. The van der Waals surface area contributed by atoms with Gasteiger partial charge in [-0.3, -0.25) is 4.40 Å². The second-order valence-corrected chi connectivity index (χ2v) is 3.74. The van der Waals surface area contributed by atoms with E-state index in [4.69, 9.17) is 0 Å². The maximum atomic E-state index is 11.9. The van der Waals surface area contributed by atoms with E-state index < -0.39 is 0 Å². The van der Waals surface area contributed by atoms with Gasteiger partial charge in [0.15, 0.2) is 5.65 Å². The number of hydrogen-bond acceptors (Lipinski definition) is 3. The summed E-state index contributed by atoms with van der Waals surface area (Å²) in [5, 5.41) is 4.25. The van der Waals surface area contributed by atoms with Crippen LogP contribution in [0.2, 0.25) is 0 Å². The highest BCUT2D eigenvalue weighted by Crippen LogP contribution is 1.95. The van der Waals surface area contributed by atoms with Crippen LogP contribution in [0.25, 0.3) is 5.65 Å². The Labute approximate surface area is 96.8 Å². The zero-order valence-corrected chi connectivity index (χ0v) is 9.10. The van der Waals surface area contributed by atoms with Crippen LogP contribution in [0.5, 0.6) is 0 Å². The van der Waals surface area contributed by atoms with Gasteiger partial charge in [-0.2, -0.15) is 0 Å². The lowest BCUT2D eigenvalue weighted by Crippen LogP contribution is -2.23. The van der Waals surface area contributed by atoms with E-state index in [1.807, 2.05) is 29.0 Å². The van der Waals surface area contributed by atoms with Gasteiger partial charge >= 0.3 is 5.69 Å². The highest BCUT2D eigenvalue weighted by Gasteiger charge is 2.04. The monoisotopic (exact) mass is 229 g/mol. The summed E-state index contributed by atoms with van der Waals surface area (Å²) in [4.78, 5) is 15.9. The van der Waals surface area contributed by atoms with Gasteiger partial charge < -0.3 is 4.57 Å². The van der Waals surface area contributed by atoms with Crippen LogP contribution in [0.4, 0.5) is 0 Å². The van der Waals surface area contributed by atoms with Crippen LogP contribution >= 0.6 is 0 Å². The van der Waals surface area contributed by atoms with Gasteiger partial charge in [-0.25, -0.2) is 14.5 Å². The lowest BCUT2D eigenvalue weighted by atomic mass is 10.5. The average molecular weight is 229 g/mol. The minimum absolute atomic E-state index is 0.110. The molecule has 0 amide bonds. The molecule has 3 heterocycles. The first-order valence-corrected chi connectivity index (χ1v) is 5.34. The summed E-state index contributed by atoms with van der Waals surface area (Å²) in [6, 6.07) is 5.49. The Morgan fingerprint density at radius 2 is 2.12 bits per heavy atom. The number of nitrogens with zero attached hydrogens (tertiary/aromatic N) is 5. The number of fused-ring (bicyclic) bond motifs is 1. The molecular formula is C11H11N5O. The summed E-state index contributed by atoms with van der Waals surface area (Å²) in [6.45, 7) is 1.22. The van der Waals surface area contributed by atoms with E-state index in [1.165, 1.54) is 9.08 Å². The molecule has 3 aromatic rings. The third kappa shape index (κ3) is 1.73. The molecule has 0 atom stereocenters. The summed E-state index contributed by atoms with van der Waals surface area (Å²) in [5.41, 5.74) is 0.559. The number of hydrogen-bond donors (Lipinski definition) is 0. The molecule has 6 heteroatoms. The maximum Gasteiger partial charge on any atom is 0.350 e. The molecule has 0 unspecified atom stereocenters. The third-order valence-corrected chi connectivity index (χ3v) is 2.62. The predicted octanol–water partition coefficient (Wildman–Crippen LogP) is 0.393. The smallest absolute Gasteiger partial charge is 0.336 e. The van der Waals surface area contributed by atoms with Crippen LogP contribution in [0.1, 0.15) is 0 Å². The van der Waals surface area contributed by atoms with Gasteiger partial charge in [0.25, 0.3) is 0 Å². The van der Waals surface area contributed by atoms with Crippen molar-refractivity contribution in [3.8, 4) is 0 Å². The summed E-state index contributed by atoms with van der Waals surface area (Å²) in [6.07, 6.45) is 7.02. The molecule has 0 aliphatic rings. The third-order valence-electron chi connectivity index (χ3n) is 2.62. The molecule has 0 fully saturated rings. The minimum atomic E-state index is -0.110. The van der Waals surface area contributed by atoms with Crippen molar-refractivity contribution in [1.29, 1.82) is 0 Å². The molecule has 0 aliphatic heterocycles. The van der Waals surface area contributed by atoms with Gasteiger partial charge in [0.2, 0.25) is 0 Å². The molecule has 86 valence electrons. The molecule has 3 aromatic heterocycles. The number of aryl methyl sites for hydroxylation is 2. The minimum Gasteiger partial charge on any atom is -0.336 e. The largest absolute Gasteiger partial charge is 0.350 e. The van der Waals surface area contributed by atoms with Gasteiger partial charge in [0, 0.05) is 25.1 Å². The highest BCUT2D eigenvalue weighted by atomic mass is 16.2. The molecule has 0 saturated carbocycles. The number of imidazole rings is 1. The lowest BCUT2D eigenvalue weighted by molar-refractivity contribution is 0.519. The van der Waals surface area contributed by atoms with Gasteiger partial charge in [-0.15, -0.1) is 5.10 Å². The Bertz CT molecular complexity index is 679. The summed E-state index contributed by atoms with van der Waals surface area (Å²) < 4.78 is 4.92. The van der Waals surface area contributed by atoms with Crippen LogP contribution in [0.15, 0.2) is 47.9 Å². The fourth-order valence-corrected chi connectivity index (χ4v) is 1.74. The molecule has 0 aromatic carbocycles. The summed E-state index contributed by atoms with van der Waals surface area (Å²) >= 11 is 0. The number of rotatable bonds is 3. The summed E-state index contributed by atoms with van der Waals surface area (Å²) in [5.74, 6) is 0. The quantitative estimate of drug-likeness (QED) is 0.653. The van der Waals surface area contributed by atoms with E-state index in [0.29, 0.717) is 18.7 Å². The SMILES string of the molecule is O=c1n(CCn2ccnc2)nc2ccccn12. The molecule has 3 rings (SSSR count). The molecule has 0 spiro atoms. The van der Waals surface area contributed by atoms with Crippen molar-refractivity contribution in [2.45, 2.75) is 13.1 Å². The fraction of sp³-hybridized carbons (Fsp3) is 0.182. The maximum absolute atomic E-state index is 11.9. The molecule has 0 aliphatic carbocycles. The Morgan fingerprint density at radius 3 is 2.88 bits per heavy atom. The van der Waals surface area contributed by atoms with Crippen molar-refractivity contribution in [3.63, 3.8) is 0 Å². The second-order valence-electron chi connectivity index (χ2n) is 3.74. The van der Waals surface area contributed by atoms with Crippen molar-refractivity contribution in [3.05, 3.63) is 53.6 Å². The number of aromatic nitrogens is 5. The predicted molar refractivity (Wildman–Crippen MR) is 61.7 cm³/mol. The molecule has 17 heavy (non-hydrogen) atoms. The normalized spacial score (nSPS) is 11.1. The van der Waals surface area contributed by atoms with Gasteiger partial charge in [0.05, 0.1) is 12.9 Å². The van der Waals surface area contributed by atoms with Crippen molar-refractivity contribution in [1.82, 2.24) is 23.7 Å². The lowest BCUT2D eigenvalue weighted by Gasteiger charge is -2.00. The average Bonchev–Trinajstić information content (AvgIpc) is 2.96. The zero-order chi connectivity index (χ0) is 11.7. The van der Waals surface area contributed by atoms with E-state index in [2.05, 4.69) is 10.1 Å².